The molecule has 1 saturated heterocycles. The van der Waals surface area contributed by atoms with Crippen LogP contribution in [0.5, 0.6) is 0 Å². The Kier molecular flexibility index (Phi) is 3.70. The number of carbonyl (C=O) groups is 1. The summed E-state index contributed by atoms with van der Waals surface area (Å²) in [6.45, 7) is 1.15. The molecule has 0 aromatic heterocycles. The van der Waals surface area contributed by atoms with E-state index in [0.29, 0.717) is 13.1 Å². The van der Waals surface area contributed by atoms with Crippen molar-refractivity contribution in [1.82, 2.24) is 5.32 Å². The molecule has 1 amide bonds. The van der Waals surface area contributed by atoms with E-state index in [1.807, 2.05) is 0 Å². The summed E-state index contributed by atoms with van der Waals surface area (Å²) in [4.78, 5) is 11.4. The standard InChI is InChI=1S/C11H9F5N2O/c12-6-7(13)9(15)11(10(16)8(6)14)18-5(19)1-4-2-17-3-4/h4,17H,1-3H2,(H,18,19). The summed E-state index contributed by atoms with van der Waals surface area (Å²) in [6, 6.07) is 0. The molecule has 1 aliphatic rings. The van der Waals surface area contributed by atoms with Crippen molar-refractivity contribution in [2.75, 3.05) is 18.4 Å². The number of carbonyl (C=O) groups excluding carboxylic acids is 1. The summed E-state index contributed by atoms with van der Waals surface area (Å²) in [5, 5.41) is 4.60. The van der Waals surface area contributed by atoms with Crippen molar-refractivity contribution in [3.63, 3.8) is 0 Å². The van der Waals surface area contributed by atoms with Gasteiger partial charge in [0.05, 0.1) is 0 Å². The molecule has 0 aliphatic carbocycles. The molecule has 0 unspecified atom stereocenters. The van der Waals surface area contributed by atoms with Crippen LogP contribution in [0.4, 0.5) is 27.6 Å². The average Bonchev–Trinajstić information content (AvgIpc) is 2.34. The molecule has 1 aromatic carbocycles. The van der Waals surface area contributed by atoms with Crippen molar-refractivity contribution < 1.29 is 26.7 Å². The molecule has 2 rings (SSSR count). The van der Waals surface area contributed by atoms with E-state index in [9.17, 15) is 26.7 Å². The van der Waals surface area contributed by atoms with Crippen molar-refractivity contribution in [1.29, 1.82) is 0 Å². The van der Waals surface area contributed by atoms with Gasteiger partial charge in [0.15, 0.2) is 23.3 Å². The molecule has 8 heteroatoms. The molecule has 2 N–H and O–H groups in total. The highest BCUT2D eigenvalue weighted by Crippen LogP contribution is 2.27. The summed E-state index contributed by atoms with van der Waals surface area (Å²) in [5.74, 6) is -11.3. The highest BCUT2D eigenvalue weighted by Gasteiger charge is 2.28. The Hall–Kier alpha value is -1.70. The van der Waals surface area contributed by atoms with Crippen LogP contribution in [0.2, 0.25) is 0 Å². The van der Waals surface area contributed by atoms with Crippen LogP contribution in [0, 0.1) is 35.0 Å². The predicted octanol–water partition coefficient (Wildman–Crippen LogP) is 1.93. The topological polar surface area (TPSA) is 41.1 Å². The number of anilines is 1. The first-order valence-corrected chi connectivity index (χ1v) is 5.43. The van der Waals surface area contributed by atoms with E-state index in [1.54, 1.807) is 5.32 Å². The van der Waals surface area contributed by atoms with E-state index in [-0.39, 0.29) is 12.3 Å². The summed E-state index contributed by atoms with van der Waals surface area (Å²) in [6.07, 6.45) is -0.0491. The van der Waals surface area contributed by atoms with Crippen LogP contribution in [0.15, 0.2) is 0 Å². The fourth-order valence-electron chi connectivity index (χ4n) is 1.66. The Morgan fingerprint density at radius 3 is 1.89 bits per heavy atom. The number of nitrogens with one attached hydrogen (secondary N) is 2. The average molecular weight is 280 g/mol. The van der Waals surface area contributed by atoms with Gasteiger partial charge in [-0.25, -0.2) is 22.0 Å². The lowest BCUT2D eigenvalue weighted by molar-refractivity contribution is -0.117. The number of hydrogen-bond donors (Lipinski definition) is 2. The Morgan fingerprint density at radius 2 is 1.47 bits per heavy atom. The number of amides is 1. The van der Waals surface area contributed by atoms with Crippen LogP contribution < -0.4 is 10.6 Å². The van der Waals surface area contributed by atoms with Crippen LogP contribution >= 0.6 is 0 Å². The maximum Gasteiger partial charge on any atom is 0.224 e. The maximum atomic E-state index is 13.2. The molecule has 1 heterocycles. The fourth-order valence-corrected chi connectivity index (χ4v) is 1.66. The Morgan fingerprint density at radius 1 is 1.00 bits per heavy atom. The molecule has 19 heavy (non-hydrogen) atoms. The molecule has 0 saturated carbocycles. The molecule has 0 radical (unpaired) electrons. The minimum absolute atomic E-state index is 0.00117. The Balaban J connectivity index is 2.21. The van der Waals surface area contributed by atoms with Crippen molar-refractivity contribution in [3.05, 3.63) is 29.1 Å². The van der Waals surface area contributed by atoms with Gasteiger partial charge < -0.3 is 10.6 Å². The van der Waals surface area contributed by atoms with Gasteiger partial charge in [0.1, 0.15) is 5.69 Å². The van der Waals surface area contributed by atoms with E-state index >= 15 is 0 Å². The first kappa shape index (κ1) is 13.7. The number of hydrogen-bond acceptors (Lipinski definition) is 2. The quantitative estimate of drug-likeness (QED) is 0.504. The summed E-state index contributed by atoms with van der Waals surface area (Å²) in [5.41, 5.74) is -1.31. The molecule has 1 fully saturated rings. The van der Waals surface area contributed by atoms with Gasteiger partial charge in [0, 0.05) is 6.42 Å². The fraction of sp³-hybridized carbons (Fsp3) is 0.364. The minimum atomic E-state index is -2.25. The highest BCUT2D eigenvalue weighted by molar-refractivity contribution is 5.91. The van der Waals surface area contributed by atoms with Crippen molar-refractivity contribution in [3.8, 4) is 0 Å². The first-order chi connectivity index (χ1) is 8.91. The lowest BCUT2D eigenvalue weighted by atomic mass is 9.99. The molecule has 3 nitrogen and oxygen atoms in total. The second kappa shape index (κ2) is 5.12. The minimum Gasteiger partial charge on any atom is -0.321 e. The van der Waals surface area contributed by atoms with E-state index in [4.69, 9.17) is 0 Å². The summed E-state index contributed by atoms with van der Waals surface area (Å²) < 4.78 is 65.0. The summed E-state index contributed by atoms with van der Waals surface area (Å²) in [7, 11) is 0. The molecule has 104 valence electrons. The van der Waals surface area contributed by atoms with Gasteiger partial charge in [-0.2, -0.15) is 0 Å². The van der Waals surface area contributed by atoms with Gasteiger partial charge in [-0.15, -0.1) is 0 Å². The van der Waals surface area contributed by atoms with Gasteiger partial charge in [0.2, 0.25) is 11.7 Å². The SMILES string of the molecule is O=C(CC1CNC1)Nc1c(F)c(F)c(F)c(F)c1F. The Bertz CT molecular complexity index is 501. The van der Waals surface area contributed by atoms with Gasteiger partial charge in [-0.1, -0.05) is 0 Å². The van der Waals surface area contributed by atoms with Crippen molar-refractivity contribution >= 4 is 11.6 Å². The van der Waals surface area contributed by atoms with Crippen molar-refractivity contribution in [2.24, 2.45) is 5.92 Å². The van der Waals surface area contributed by atoms with E-state index in [2.05, 4.69) is 5.32 Å². The zero-order valence-electron chi connectivity index (χ0n) is 9.50. The first-order valence-electron chi connectivity index (χ1n) is 5.43. The number of rotatable bonds is 3. The zero-order chi connectivity index (χ0) is 14.2. The van der Waals surface area contributed by atoms with Crippen LogP contribution in [-0.4, -0.2) is 19.0 Å². The molecule has 1 aromatic rings. The van der Waals surface area contributed by atoms with Gasteiger partial charge in [-0.05, 0) is 19.0 Å². The number of halogens is 5. The molecule has 0 bridgehead atoms. The van der Waals surface area contributed by atoms with E-state index < -0.39 is 40.7 Å². The molecular weight excluding hydrogens is 271 g/mol. The second-order valence-corrected chi connectivity index (χ2v) is 4.22. The third-order valence-corrected chi connectivity index (χ3v) is 2.81. The predicted molar refractivity (Wildman–Crippen MR) is 55.8 cm³/mol. The van der Waals surface area contributed by atoms with Gasteiger partial charge in [0.25, 0.3) is 0 Å². The lowest BCUT2D eigenvalue weighted by Gasteiger charge is -2.26. The van der Waals surface area contributed by atoms with E-state index in [0.717, 1.165) is 0 Å². The smallest absolute Gasteiger partial charge is 0.224 e. The largest absolute Gasteiger partial charge is 0.321 e. The van der Waals surface area contributed by atoms with Crippen LogP contribution in [0.3, 0.4) is 0 Å². The highest BCUT2D eigenvalue weighted by atomic mass is 19.2. The third-order valence-electron chi connectivity index (χ3n) is 2.81. The Labute approximate surface area is 104 Å². The molecule has 0 spiro atoms. The second-order valence-electron chi connectivity index (χ2n) is 4.22. The molecule has 0 atom stereocenters. The molecule has 1 aliphatic heterocycles. The van der Waals surface area contributed by atoms with Gasteiger partial charge in [-0.3, -0.25) is 4.79 Å². The maximum absolute atomic E-state index is 13.2. The normalized spacial score (nSPS) is 15.2. The lowest BCUT2D eigenvalue weighted by Crippen LogP contribution is -2.43. The van der Waals surface area contributed by atoms with E-state index in [1.165, 1.54) is 0 Å². The molecular formula is C11H9F5N2O. The van der Waals surface area contributed by atoms with Crippen LogP contribution in [0.1, 0.15) is 6.42 Å². The zero-order valence-corrected chi connectivity index (χ0v) is 9.50. The van der Waals surface area contributed by atoms with Crippen LogP contribution in [-0.2, 0) is 4.79 Å². The van der Waals surface area contributed by atoms with Crippen molar-refractivity contribution in [2.45, 2.75) is 6.42 Å². The monoisotopic (exact) mass is 280 g/mol. The van der Waals surface area contributed by atoms with Crippen LogP contribution in [0.25, 0.3) is 0 Å². The number of benzene rings is 1. The van der Waals surface area contributed by atoms with Gasteiger partial charge >= 0.3 is 0 Å². The third kappa shape index (κ3) is 2.53. The summed E-state index contributed by atoms with van der Waals surface area (Å²) >= 11 is 0.